The molecule has 6 fully saturated rings. The van der Waals surface area contributed by atoms with Gasteiger partial charge in [-0.05, 0) is 6.42 Å². The fourth-order valence-corrected chi connectivity index (χ4v) is 10.5. The van der Waals surface area contributed by atoms with Gasteiger partial charge in [-0.25, -0.2) is 0 Å². The first-order chi connectivity index (χ1) is 37.8. The number of aliphatic hydroxyl groups excluding tert-OH is 19. The van der Waals surface area contributed by atoms with Crippen LogP contribution in [0.3, 0.4) is 0 Å². The van der Waals surface area contributed by atoms with Crippen molar-refractivity contribution in [1.29, 1.82) is 0 Å². The lowest BCUT2D eigenvalue weighted by atomic mass is 9.95. The standard InChI is InChI=1S/C48H86O31/c1-2-3-4-5-6-7-8-9-10-11-12-68-42-36(66)41(24(18-54)74-48(42)79-40-23(17-53)73-45(35(65)30(40)60)75-37-20(14-50)69-43(67)31(61)27(37)57)78-47-34(64)29(59)39(22(16-52)72-47)77-46-33(63)28(58)38(21(15-51)71-46)76-44-32(62)26(56)25(55)19(13-49)70-44/h19-67H,2-18H2,1H3/t19-,20-,21-,22-,23-,24-,25-,26+,27-,28-,29-,30-,31-,32-,33-,34-,35-,36+,37-,38-,39-,40-,41-,42-,43+,44-,45-,46-,47-,48-/m1/s1. The first kappa shape index (κ1) is 66.9. The van der Waals surface area contributed by atoms with E-state index in [2.05, 4.69) is 6.92 Å². The molecule has 0 unspecified atom stereocenters. The van der Waals surface area contributed by atoms with Crippen LogP contribution in [0.15, 0.2) is 0 Å². The highest BCUT2D eigenvalue weighted by molar-refractivity contribution is 5.00. The molecule has 0 aliphatic carbocycles. The maximum absolute atomic E-state index is 12.1. The smallest absolute Gasteiger partial charge is 0.187 e. The van der Waals surface area contributed by atoms with Gasteiger partial charge in [-0.2, -0.15) is 0 Å². The van der Waals surface area contributed by atoms with Crippen LogP contribution in [0.25, 0.3) is 0 Å². The van der Waals surface area contributed by atoms with Crippen LogP contribution in [0.1, 0.15) is 71.1 Å². The SMILES string of the molecule is CCCCCCCCCCCCO[C@H]1[C@@H](O[C@H]2[C@H](O)[C@@H](O)[C@@H](O[C@H]3[C@H](O)[C@@H](O)[C@@H](O)O[C@@H]3CO)O[C@@H]2CO)O[C@H](CO)[C@@H](O[C@H]2O[C@H](CO)[C@@H](O[C@H]3O[C@H](CO)[C@@H](O[C@H]4O[C@H](CO)[C@@H](O)[C@H](O)[C@H]4O)[C@H](O)[C@H]3O)[C@H](O)[C@H]2O)[C@@H]1O. The summed E-state index contributed by atoms with van der Waals surface area (Å²) >= 11 is 0. The molecule has 19 N–H and O–H groups in total. The summed E-state index contributed by atoms with van der Waals surface area (Å²) in [7, 11) is 0. The van der Waals surface area contributed by atoms with Crippen LogP contribution in [0.2, 0.25) is 0 Å². The molecule has 79 heavy (non-hydrogen) atoms. The summed E-state index contributed by atoms with van der Waals surface area (Å²) in [4.78, 5) is 0. The molecule has 0 bridgehead atoms. The van der Waals surface area contributed by atoms with Crippen molar-refractivity contribution in [3.8, 4) is 0 Å². The zero-order valence-corrected chi connectivity index (χ0v) is 43.7. The minimum absolute atomic E-state index is 0.0313. The first-order valence-electron chi connectivity index (χ1n) is 27.1. The lowest BCUT2D eigenvalue weighted by molar-refractivity contribution is -0.397. The molecule has 31 nitrogen and oxygen atoms in total. The fraction of sp³-hybridized carbons (Fsp3) is 1.00. The molecule has 6 aliphatic heterocycles. The van der Waals surface area contributed by atoms with E-state index in [1.165, 1.54) is 12.8 Å². The Labute approximate surface area is 454 Å². The Balaban J connectivity index is 1.13. The van der Waals surface area contributed by atoms with E-state index in [0.717, 1.165) is 38.5 Å². The van der Waals surface area contributed by atoms with Gasteiger partial charge in [0.2, 0.25) is 0 Å². The van der Waals surface area contributed by atoms with E-state index in [9.17, 15) is 97.0 Å². The zero-order valence-electron chi connectivity index (χ0n) is 43.7. The molecule has 30 atom stereocenters. The number of rotatable bonds is 28. The Morgan fingerprint density at radius 1 is 0.266 bits per heavy atom. The topological polar surface area (TPSA) is 495 Å². The monoisotopic (exact) mass is 1160 g/mol. The number of aliphatic hydroxyl groups is 19. The van der Waals surface area contributed by atoms with Crippen LogP contribution < -0.4 is 0 Å². The average Bonchev–Trinajstić information content (AvgIpc) is 3.54. The Hall–Kier alpha value is -1.24. The molecule has 464 valence electrons. The summed E-state index contributed by atoms with van der Waals surface area (Å²) in [6.07, 6.45) is -45.0. The third-order valence-corrected chi connectivity index (χ3v) is 15.2. The molecular formula is C48H86O31. The molecule has 6 rings (SSSR count). The van der Waals surface area contributed by atoms with Gasteiger partial charge in [-0.3, -0.25) is 0 Å². The van der Waals surface area contributed by atoms with E-state index >= 15 is 0 Å². The van der Waals surface area contributed by atoms with Crippen molar-refractivity contribution in [3.63, 3.8) is 0 Å². The van der Waals surface area contributed by atoms with Gasteiger partial charge in [0.05, 0.1) is 39.6 Å². The second kappa shape index (κ2) is 31.8. The predicted octanol–water partition coefficient (Wildman–Crippen LogP) is -9.16. The van der Waals surface area contributed by atoms with Gasteiger partial charge < -0.3 is 154 Å². The Kier molecular flexibility index (Phi) is 26.9. The molecule has 31 heteroatoms. The van der Waals surface area contributed by atoms with E-state index < -0.39 is 224 Å². The van der Waals surface area contributed by atoms with Crippen LogP contribution in [0.4, 0.5) is 0 Å². The van der Waals surface area contributed by atoms with Crippen LogP contribution in [-0.2, 0) is 56.8 Å². The molecule has 0 amide bonds. The number of unbranched alkanes of at least 4 members (excludes halogenated alkanes) is 9. The molecule has 0 aromatic carbocycles. The second-order valence-corrected chi connectivity index (χ2v) is 20.8. The van der Waals surface area contributed by atoms with Crippen LogP contribution in [-0.4, -0.2) is 328 Å². The lowest BCUT2D eigenvalue weighted by Gasteiger charge is -2.50. The van der Waals surface area contributed by atoms with E-state index in [0.29, 0.717) is 12.8 Å². The minimum Gasteiger partial charge on any atom is -0.394 e. The third-order valence-electron chi connectivity index (χ3n) is 15.2. The lowest BCUT2D eigenvalue weighted by Crippen LogP contribution is -2.68. The van der Waals surface area contributed by atoms with Crippen LogP contribution in [0, 0.1) is 0 Å². The quantitative estimate of drug-likeness (QED) is 0.0324. The number of ether oxygens (including phenoxy) is 12. The maximum atomic E-state index is 12.1. The summed E-state index contributed by atoms with van der Waals surface area (Å²) in [5.41, 5.74) is 0. The van der Waals surface area contributed by atoms with E-state index in [1.807, 2.05) is 0 Å². The average molecular weight is 1160 g/mol. The van der Waals surface area contributed by atoms with Crippen LogP contribution in [0.5, 0.6) is 0 Å². The summed E-state index contributed by atoms with van der Waals surface area (Å²) < 4.78 is 69.0. The van der Waals surface area contributed by atoms with Gasteiger partial charge >= 0.3 is 0 Å². The largest absolute Gasteiger partial charge is 0.394 e. The van der Waals surface area contributed by atoms with Crippen molar-refractivity contribution in [1.82, 2.24) is 0 Å². The molecule has 0 aromatic rings. The van der Waals surface area contributed by atoms with Crippen molar-refractivity contribution in [2.24, 2.45) is 0 Å². The highest BCUT2D eigenvalue weighted by Gasteiger charge is 2.58. The Bertz CT molecular complexity index is 1710. The summed E-state index contributed by atoms with van der Waals surface area (Å²) in [6.45, 7) is -3.37. The third kappa shape index (κ3) is 16.0. The highest BCUT2D eigenvalue weighted by Crippen LogP contribution is 2.37. The van der Waals surface area contributed by atoms with Crippen molar-refractivity contribution in [3.05, 3.63) is 0 Å². The van der Waals surface area contributed by atoms with E-state index in [4.69, 9.17) is 56.8 Å². The highest BCUT2D eigenvalue weighted by atomic mass is 16.8. The summed E-state index contributed by atoms with van der Waals surface area (Å²) in [6, 6.07) is 0. The molecule has 0 spiro atoms. The second-order valence-electron chi connectivity index (χ2n) is 20.8. The molecule has 6 heterocycles. The van der Waals surface area contributed by atoms with E-state index in [-0.39, 0.29) is 6.61 Å². The van der Waals surface area contributed by atoms with Crippen molar-refractivity contribution >= 4 is 0 Å². The fourth-order valence-electron chi connectivity index (χ4n) is 10.5. The number of hydrogen-bond acceptors (Lipinski definition) is 31. The summed E-state index contributed by atoms with van der Waals surface area (Å²) in [5.74, 6) is 0. The van der Waals surface area contributed by atoms with Crippen LogP contribution >= 0.6 is 0 Å². The maximum Gasteiger partial charge on any atom is 0.187 e. The molecule has 0 radical (unpaired) electrons. The van der Waals surface area contributed by atoms with Gasteiger partial charge in [0.1, 0.15) is 146 Å². The molecule has 6 aliphatic rings. The normalized spacial score (nSPS) is 47.1. The predicted molar refractivity (Wildman–Crippen MR) is 255 cm³/mol. The molecule has 0 saturated carbocycles. The molecule has 0 aromatic heterocycles. The van der Waals surface area contributed by atoms with Gasteiger partial charge in [-0.1, -0.05) is 64.7 Å². The van der Waals surface area contributed by atoms with E-state index in [1.54, 1.807) is 0 Å². The molecular weight excluding hydrogens is 1070 g/mol. The van der Waals surface area contributed by atoms with Gasteiger partial charge in [0, 0.05) is 6.61 Å². The van der Waals surface area contributed by atoms with Gasteiger partial charge in [0.25, 0.3) is 0 Å². The van der Waals surface area contributed by atoms with Gasteiger partial charge in [-0.15, -0.1) is 0 Å². The van der Waals surface area contributed by atoms with Crippen molar-refractivity contribution in [2.45, 2.75) is 255 Å². The summed E-state index contributed by atoms with van der Waals surface area (Å²) in [5, 5.41) is 203. The van der Waals surface area contributed by atoms with Crippen molar-refractivity contribution in [2.75, 3.05) is 46.2 Å². The first-order valence-corrected chi connectivity index (χ1v) is 27.1. The Morgan fingerprint density at radius 2 is 0.557 bits per heavy atom. The van der Waals surface area contributed by atoms with Gasteiger partial charge in [0.15, 0.2) is 37.7 Å². The molecule has 6 saturated heterocycles. The van der Waals surface area contributed by atoms with Crippen molar-refractivity contribution < 1.29 is 154 Å². The number of hydrogen-bond donors (Lipinski definition) is 19. The minimum atomic E-state index is -2.14. The Morgan fingerprint density at radius 3 is 0.937 bits per heavy atom. The zero-order chi connectivity index (χ0) is 57.8.